The van der Waals surface area contributed by atoms with Gasteiger partial charge < -0.3 is 16.0 Å². The van der Waals surface area contributed by atoms with Gasteiger partial charge >= 0.3 is 6.18 Å². The van der Waals surface area contributed by atoms with E-state index in [-0.39, 0.29) is 48.0 Å². The molecule has 0 radical (unpaired) electrons. The van der Waals surface area contributed by atoms with Crippen molar-refractivity contribution in [1.82, 2.24) is 35.7 Å². The van der Waals surface area contributed by atoms with Crippen molar-refractivity contribution in [1.29, 1.82) is 0 Å². The molecular formula is C41H28F7N7O3S. The molecule has 5 heterocycles. The first-order valence-corrected chi connectivity index (χ1v) is 19.4. The number of thiazole rings is 1. The number of pyridine rings is 1. The molecule has 6 aromatic rings. The lowest BCUT2D eigenvalue weighted by Gasteiger charge is -2.34. The van der Waals surface area contributed by atoms with Crippen LogP contribution in [0.25, 0.3) is 32.0 Å². The van der Waals surface area contributed by atoms with Gasteiger partial charge in [-0.1, -0.05) is 24.3 Å². The summed E-state index contributed by atoms with van der Waals surface area (Å²) in [7, 11) is 0. The average Bonchev–Trinajstić information content (AvgIpc) is 3.95. The van der Waals surface area contributed by atoms with Crippen molar-refractivity contribution in [2.45, 2.75) is 63.0 Å². The molecule has 1 saturated carbocycles. The molecule has 3 amide bonds. The minimum absolute atomic E-state index is 0.0174. The summed E-state index contributed by atoms with van der Waals surface area (Å²) in [6, 6.07) is 13.6. The molecule has 0 bridgehead atoms. The third-order valence-electron chi connectivity index (χ3n) is 11.6. The molecule has 18 heteroatoms. The zero-order valence-electron chi connectivity index (χ0n) is 30.3. The monoisotopic (exact) mass is 831 g/mol. The van der Waals surface area contributed by atoms with E-state index in [0.29, 0.717) is 61.4 Å². The fourth-order valence-electron chi connectivity index (χ4n) is 8.74. The molecule has 2 aliphatic heterocycles. The Morgan fingerprint density at radius 3 is 2.19 bits per heavy atom. The van der Waals surface area contributed by atoms with Gasteiger partial charge in [0.15, 0.2) is 11.3 Å². The van der Waals surface area contributed by atoms with Gasteiger partial charge in [0, 0.05) is 52.9 Å². The summed E-state index contributed by atoms with van der Waals surface area (Å²) in [5.74, 6) is -9.49. The Balaban J connectivity index is 1.10. The van der Waals surface area contributed by atoms with Crippen LogP contribution in [0.3, 0.4) is 0 Å². The Kier molecular flexibility index (Phi) is 8.29. The lowest BCUT2D eigenvalue weighted by atomic mass is 9.73. The first kappa shape index (κ1) is 37.1. The van der Waals surface area contributed by atoms with E-state index in [1.807, 2.05) is 12.1 Å². The van der Waals surface area contributed by atoms with E-state index in [0.717, 1.165) is 23.3 Å². The summed E-state index contributed by atoms with van der Waals surface area (Å²) in [4.78, 5) is 48.9. The van der Waals surface area contributed by atoms with Gasteiger partial charge in [0.1, 0.15) is 28.9 Å². The molecule has 10 rings (SSSR count). The van der Waals surface area contributed by atoms with Crippen LogP contribution in [0.4, 0.5) is 30.7 Å². The van der Waals surface area contributed by atoms with Gasteiger partial charge in [-0.15, -0.1) is 11.3 Å². The number of halogens is 7. The lowest BCUT2D eigenvalue weighted by Crippen LogP contribution is -2.36. The van der Waals surface area contributed by atoms with Crippen LogP contribution in [0.15, 0.2) is 60.7 Å². The van der Waals surface area contributed by atoms with Crippen LogP contribution in [0.1, 0.15) is 84.9 Å². The third kappa shape index (κ3) is 6.14. The topological polar surface area (TPSA) is 131 Å². The van der Waals surface area contributed by atoms with E-state index in [4.69, 9.17) is 9.97 Å². The predicted octanol–water partition coefficient (Wildman–Crippen LogP) is 7.70. The van der Waals surface area contributed by atoms with E-state index >= 15 is 8.78 Å². The van der Waals surface area contributed by atoms with E-state index in [2.05, 4.69) is 21.0 Å². The smallest absolute Gasteiger partial charge is 0.348 e. The Morgan fingerprint density at radius 1 is 0.881 bits per heavy atom. The lowest BCUT2D eigenvalue weighted by molar-refractivity contribution is -0.144. The summed E-state index contributed by atoms with van der Waals surface area (Å²) in [6.07, 6.45) is -5.24. The van der Waals surface area contributed by atoms with Crippen molar-refractivity contribution in [2.24, 2.45) is 5.92 Å². The minimum Gasteiger partial charge on any atom is -0.348 e. The number of hydrogen-bond acceptors (Lipinski definition) is 7. The van der Waals surface area contributed by atoms with E-state index in [9.17, 15) is 36.3 Å². The fourth-order valence-corrected chi connectivity index (χ4v) is 9.68. The minimum atomic E-state index is -5.06. The Labute approximate surface area is 332 Å². The van der Waals surface area contributed by atoms with Crippen molar-refractivity contribution in [3.63, 3.8) is 0 Å². The second kappa shape index (κ2) is 13.2. The molecule has 300 valence electrons. The molecule has 3 aromatic heterocycles. The molecule has 59 heavy (non-hydrogen) atoms. The standard InChI is InChI=1S/C41H28F7N7O3S/c42-22-7-17(8-23(43)12-22)9-29(51-31(56)16-55-35-32(34(54-55)41(46,47)48)24-5-6-28(24)40(35,44)45)33-25(18-1-3-20-14-49-37(57)26(20)10-18)13-30-36(52-33)53-39(59-30)19-2-4-21-15-50-38(58)27(21)11-19/h1-4,7-8,10-13,24,28-29H,5-6,9,14-16H2,(H,49,57)(H,50,58)(H,51,56)/t24-,28+,29-/m0/s1. The third-order valence-corrected chi connectivity index (χ3v) is 12.6. The number of nitrogens with one attached hydrogen (secondary N) is 3. The van der Waals surface area contributed by atoms with Gasteiger partial charge in [-0.3, -0.25) is 19.1 Å². The van der Waals surface area contributed by atoms with Crippen molar-refractivity contribution < 1.29 is 45.1 Å². The van der Waals surface area contributed by atoms with Crippen LogP contribution in [-0.4, -0.2) is 37.5 Å². The second-order valence-corrected chi connectivity index (χ2v) is 16.2. The summed E-state index contributed by atoms with van der Waals surface area (Å²) in [5, 5.41) is 12.2. The number of nitrogens with zero attached hydrogens (tertiary/aromatic N) is 4. The number of alkyl halides is 5. The van der Waals surface area contributed by atoms with Crippen LogP contribution in [0.2, 0.25) is 0 Å². The molecule has 0 spiro atoms. The van der Waals surface area contributed by atoms with Gasteiger partial charge in [0.05, 0.1) is 16.4 Å². The van der Waals surface area contributed by atoms with Gasteiger partial charge in [-0.25, -0.2) is 18.7 Å². The van der Waals surface area contributed by atoms with Crippen molar-refractivity contribution >= 4 is 39.4 Å². The number of benzene rings is 3. The number of aromatic nitrogens is 4. The molecule has 2 aliphatic carbocycles. The molecule has 0 unspecified atom stereocenters. The fraction of sp³-hybridized carbons (Fsp3) is 0.268. The van der Waals surface area contributed by atoms with Gasteiger partial charge in [0.2, 0.25) is 5.91 Å². The highest BCUT2D eigenvalue weighted by Crippen LogP contribution is 2.64. The molecule has 4 aliphatic rings. The van der Waals surface area contributed by atoms with Crippen molar-refractivity contribution in [3.8, 4) is 21.7 Å². The summed E-state index contributed by atoms with van der Waals surface area (Å²) >= 11 is 1.25. The van der Waals surface area contributed by atoms with Crippen molar-refractivity contribution in [2.75, 3.05) is 0 Å². The normalized spacial score (nSPS) is 19.1. The Bertz CT molecular complexity index is 2800. The maximum absolute atomic E-state index is 15.7. The number of carbonyl (C=O) groups is 3. The average molecular weight is 832 g/mol. The Hall–Kier alpha value is -6.17. The quantitative estimate of drug-likeness (QED) is 0.135. The zero-order valence-corrected chi connectivity index (χ0v) is 31.1. The summed E-state index contributed by atoms with van der Waals surface area (Å²) in [6.45, 7) is -0.350. The van der Waals surface area contributed by atoms with Crippen LogP contribution in [-0.2, 0) is 42.9 Å². The van der Waals surface area contributed by atoms with Crippen LogP contribution < -0.4 is 16.0 Å². The van der Waals surface area contributed by atoms with Crippen LogP contribution in [0, 0.1) is 17.6 Å². The SMILES string of the molecule is O=C(Cn1nc(C(F)(F)F)c2c1C(F)(F)[C@@H]1CC[C@H]21)N[C@@H](Cc1cc(F)cc(F)c1)c1nc2nc(-c3ccc4c(c3)C(=O)NC4)sc2cc1-c1ccc2c(c1)C(=O)NC2. The van der Waals surface area contributed by atoms with Crippen LogP contribution >= 0.6 is 11.3 Å². The highest BCUT2D eigenvalue weighted by Gasteiger charge is 2.63. The number of carbonyl (C=O) groups excluding carboxylic acids is 3. The number of amides is 3. The highest BCUT2D eigenvalue weighted by atomic mass is 32.1. The van der Waals surface area contributed by atoms with Crippen LogP contribution in [0.5, 0.6) is 0 Å². The Morgan fingerprint density at radius 2 is 1.54 bits per heavy atom. The molecule has 0 saturated heterocycles. The predicted molar refractivity (Wildman–Crippen MR) is 198 cm³/mol. The molecule has 10 nitrogen and oxygen atoms in total. The summed E-state index contributed by atoms with van der Waals surface area (Å²) in [5.41, 5.74) is 1.22. The molecule has 3 atom stereocenters. The second-order valence-electron chi connectivity index (χ2n) is 15.2. The maximum Gasteiger partial charge on any atom is 0.435 e. The highest BCUT2D eigenvalue weighted by molar-refractivity contribution is 7.21. The largest absolute Gasteiger partial charge is 0.435 e. The zero-order chi connectivity index (χ0) is 41.1. The number of hydrogen-bond donors (Lipinski definition) is 3. The number of fused-ring (bicyclic) bond motifs is 6. The summed E-state index contributed by atoms with van der Waals surface area (Å²) < 4.78 is 104. The van der Waals surface area contributed by atoms with E-state index in [1.165, 1.54) is 11.3 Å². The molecule has 3 N–H and O–H groups in total. The molecule has 1 fully saturated rings. The van der Waals surface area contributed by atoms with Crippen molar-refractivity contribution in [3.05, 3.63) is 123 Å². The molecule has 3 aromatic carbocycles. The first-order chi connectivity index (χ1) is 28.1. The maximum atomic E-state index is 15.7. The number of rotatable bonds is 8. The van der Waals surface area contributed by atoms with Gasteiger partial charge in [-0.2, -0.15) is 27.1 Å². The van der Waals surface area contributed by atoms with Gasteiger partial charge in [-0.05, 0) is 77.8 Å². The van der Waals surface area contributed by atoms with Gasteiger partial charge in [0.25, 0.3) is 17.7 Å². The van der Waals surface area contributed by atoms with E-state index < -0.39 is 71.0 Å². The first-order valence-electron chi connectivity index (χ1n) is 18.6. The van der Waals surface area contributed by atoms with E-state index in [1.54, 1.807) is 30.3 Å². The molecular weight excluding hydrogens is 804 g/mol.